The smallest absolute Gasteiger partial charge is 0.344 e. The summed E-state index contributed by atoms with van der Waals surface area (Å²) < 4.78 is 4.60. The Kier molecular flexibility index (Phi) is 3.12. The topological polar surface area (TPSA) is 89.8 Å². The van der Waals surface area contributed by atoms with Gasteiger partial charge in [-0.15, -0.1) is 0 Å². The molecule has 21 heavy (non-hydrogen) atoms. The second kappa shape index (κ2) is 4.83. The number of nitro benzene ring substituents is 1. The van der Waals surface area contributed by atoms with E-state index in [0.717, 1.165) is 18.4 Å². The Hall–Kier alpha value is -2.44. The maximum Gasteiger partial charge on any atom is 0.344 e. The van der Waals surface area contributed by atoms with Gasteiger partial charge in [0.2, 0.25) is 5.91 Å². The fourth-order valence-electron chi connectivity index (χ4n) is 2.63. The van der Waals surface area contributed by atoms with Crippen molar-refractivity contribution in [3.05, 3.63) is 33.4 Å². The van der Waals surface area contributed by atoms with Gasteiger partial charge in [0, 0.05) is 24.2 Å². The number of esters is 1. The third-order valence-corrected chi connectivity index (χ3v) is 3.89. The molecule has 7 heteroatoms. The van der Waals surface area contributed by atoms with E-state index in [1.54, 1.807) is 4.90 Å². The van der Waals surface area contributed by atoms with Crippen molar-refractivity contribution in [3.8, 4) is 0 Å². The number of nitrogens with zero attached hydrogens (tertiary/aromatic N) is 2. The van der Waals surface area contributed by atoms with Crippen molar-refractivity contribution < 1.29 is 19.2 Å². The van der Waals surface area contributed by atoms with Crippen molar-refractivity contribution in [1.82, 2.24) is 0 Å². The quantitative estimate of drug-likeness (QED) is 0.480. The molecule has 0 unspecified atom stereocenters. The molecule has 1 saturated carbocycles. The highest BCUT2D eigenvalue weighted by Crippen LogP contribution is 2.39. The van der Waals surface area contributed by atoms with E-state index in [9.17, 15) is 19.7 Å². The van der Waals surface area contributed by atoms with Crippen LogP contribution >= 0.6 is 0 Å². The second-order valence-electron chi connectivity index (χ2n) is 5.26. The highest BCUT2D eigenvalue weighted by Gasteiger charge is 2.38. The molecule has 0 spiro atoms. The van der Waals surface area contributed by atoms with E-state index >= 15 is 0 Å². The van der Waals surface area contributed by atoms with E-state index in [-0.39, 0.29) is 23.1 Å². The lowest BCUT2D eigenvalue weighted by Crippen LogP contribution is -2.30. The third-order valence-electron chi connectivity index (χ3n) is 3.89. The van der Waals surface area contributed by atoms with E-state index < -0.39 is 10.9 Å². The van der Waals surface area contributed by atoms with Gasteiger partial charge in [0.25, 0.3) is 5.69 Å². The molecule has 0 bridgehead atoms. The van der Waals surface area contributed by atoms with Crippen LogP contribution in [0.3, 0.4) is 0 Å². The van der Waals surface area contributed by atoms with Gasteiger partial charge in [-0.25, -0.2) is 4.79 Å². The van der Waals surface area contributed by atoms with Crippen molar-refractivity contribution in [2.45, 2.75) is 19.3 Å². The maximum atomic E-state index is 12.2. The van der Waals surface area contributed by atoms with Crippen LogP contribution < -0.4 is 4.90 Å². The lowest BCUT2D eigenvalue weighted by Gasteiger charge is -2.17. The number of anilines is 1. The third kappa shape index (κ3) is 2.24. The van der Waals surface area contributed by atoms with Gasteiger partial charge >= 0.3 is 5.97 Å². The number of ether oxygens (including phenoxy) is 1. The summed E-state index contributed by atoms with van der Waals surface area (Å²) in [6, 6.07) is 2.79. The zero-order chi connectivity index (χ0) is 15.1. The Labute approximate surface area is 120 Å². The van der Waals surface area contributed by atoms with Crippen LogP contribution in [0.2, 0.25) is 0 Å². The first-order chi connectivity index (χ1) is 10.0. The van der Waals surface area contributed by atoms with Gasteiger partial charge in [0.1, 0.15) is 5.56 Å². The number of fused-ring (bicyclic) bond motifs is 1. The Morgan fingerprint density at radius 1 is 1.38 bits per heavy atom. The molecule has 0 aromatic heterocycles. The number of nitro groups is 1. The van der Waals surface area contributed by atoms with Crippen molar-refractivity contribution in [2.75, 3.05) is 18.6 Å². The summed E-state index contributed by atoms with van der Waals surface area (Å²) in [7, 11) is 1.17. The lowest BCUT2D eigenvalue weighted by atomic mass is 10.1. The molecule has 0 saturated heterocycles. The first-order valence-corrected chi connectivity index (χ1v) is 6.74. The SMILES string of the molecule is COC(=O)c1cc2c(cc1[N+](=O)[O-])CCN2C(=O)C1CC1. The van der Waals surface area contributed by atoms with Crippen LogP contribution in [0.5, 0.6) is 0 Å². The molecule has 3 rings (SSSR count). The molecule has 1 heterocycles. The van der Waals surface area contributed by atoms with Crippen LogP contribution in [0.1, 0.15) is 28.8 Å². The van der Waals surface area contributed by atoms with Gasteiger partial charge in [0.05, 0.1) is 12.0 Å². The molecule has 0 N–H and O–H groups in total. The average Bonchev–Trinajstić information content (AvgIpc) is 3.24. The van der Waals surface area contributed by atoms with Gasteiger partial charge in [-0.3, -0.25) is 14.9 Å². The summed E-state index contributed by atoms with van der Waals surface area (Å²) >= 11 is 0. The summed E-state index contributed by atoms with van der Waals surface area (Å²) in [5.41, 5.74) is 0.930. The largest absolute Gasteiger partial charge is 0.465 e. The van der Waals surface area contributed by atoms with Crippen molar-refractivity contribution in [2.24, 2.45) is 5.92 Å². The van der Waals surface area contributed by atoms with Gasteiger partial charge in [-0.05, 0) is 30.9 Å². The fraction of sp³-hybridized carbons (Fsp3) is 0.429. The summed E-state index contributed by atoms with van der Waals surface area (Å²) in [6.45, 7) is 0.506. The number of carbonyl (C=O) groups is 2. The van der Waals surface area contributed by atoms with Crippen molar-refractivity contribution in [3.63, 3.8) is 0 Å². The van der Waals surface area contributed by atoms with Gasteiger partial charge in [-0.1, -0.05) is 0 Å². The molecular weight excluding hydrogens is 276 g/mol. The molecule has 1 aromatic carbocycles. The number of rotatable bonds is 3. The molecule has 2 aliphatic rings. The monoisotopic (exact) mass is 290 g/mol. The van der Waals surface area contributed by atoms with E-state index in [0.29, 0.717) is 18.7 Å². The Morgan fingerprint density at radius 2 is 2.10 bits per heavy atom. The van der Waals surface area contributed by atoms with Crippen LogP contribution in [0.25, 0.3) is 0 Å². The maximum absolute atomic E-state index is 12.2. The zero-order valence-corrected chi connectivity index (χ0v) is 11.5. The van der Waals surface area contributed by atoms with Crippen molar-refractivity contribution in [1.29, 1.82) is 0 Å². The molecule has 1 amide bonds. The molecular formula is C14H14N2O5. The normalized spacial score (nSPS) is 16.5. The highest BCUT2D eigenvalue weighted by atomic mass is 16.6. The molecule has 7 nitrogen and oxygen atoms in total. The van der Waals surface area contributed by atoms with Crippen LogP contribution in [0.4, 0.5) is 11.4 Å². The van der Waals surface area contributed by atoms with E-state index in [4.69, 9.17) is 0 Å². The molecule has 0 radical (unpaired) electrons. The number of benzene rings is 1. The zero-order valence-electron chi connectivity index (χ0n) is 11.5. The molecule has 1 fully saturated rings. The van der Waals surface area contributed by atoms with Gasteiger partial charge < -0.3 is 9.64 Å². The van der Waals surface area contributed by atoms with Crippen LogP contribution in [-0.2, 0) is 16.0 Å². The molecule has 1 aliphatic heterocycles. The number of methoxy groups -OCH3 is 1. The minimum absolute atomic E-state index is 0.0402. The van der Waals surface area contributed by atoms with E-state index in [2.05, 4.69) is 4.74 Å². The predicted octanol–water partition coefficient (Wildman–Crippen LogP) is 1.68. The van der Waals surface area contributed by atoms with Crippen molar-refractivity contribution >= 4 is 23.3 Å². The van der Waals surface area contributed by atoms with Crippen LogP contribution in [-0.4, -0.2) is 30.5 Å². The van der Waals surface area contributed by atoms with Gasteiger partial charge in [0.15, 0.2) is 0 Å². The first-order valence-electron chi connectivity index (χ1n) is 6.74. The van der Waals surface area contributed by atoms with Gasteiger partial charge in [-0.2, -0.15) is 0 Å². The van der Waals surface area contributed by atoms with E-state index in [1.165, 1.54) is 19.2 Å². The second-order valence-corrected chi connectivity index (χ2v) is 5.26. The summed E-state index contributed by atoms with van der Waals surface area (Å²) in [5.74, 6) is -0.665. The number of hydrogen-bond donors (Lipinski definition) is 0. The highest BCUT2D eigenvalue weighted by molar-refractivity contribution is 6.01. The van der Waals surface area contributed by atoms with Crippen LogP contribution in [0.15, 0.2) is 12.1 Å². The lowest BCUT2D eigenvalue weighted by molar-refractivity contribution is -0.385. The fourth-order valence-corrected chi connectivity index (χ4v) is 2.63. The standard InChI is InChI=1S/C14H14N2O5/c1-21-14(18)10-7-11-9(6-12(10)16(19)20)4-5-15(11)13(17)8-2-3-8/h6-8H,2-5H2,1H3. The molecule has 1 aliphatic carbocycles. The Balaban J connectivity index is 2.06. The summed E-state index contributed by atoms with van der Waals surface area (Å²) in [4.78, 5) is 36.1. The predicted molar refractivity (Wildman–Crippen MR) is 73.2 cm³/mol. The molecule has 110 valence electrons. The Morgan fingerprint density at radius 3 is 2.67 bits per heavy atom. The van der Waals surface area contributed by atoms with Crippen LogP contribution in [0, 0.1) is 16.0 Å². The summed E-state index contributed by atoms with van der Waals surface area (Å²) in [6.07, 6.45) is 2.35. The number of amides is 1. The minimum Gasteiger partial charge on any atom is -0.465 e. The minimum atomic E-state index is -0.768. The Bertz CT molecular complexity index is 651. The average molecular weight is 290 g/mol. The molecule has 0 atom stereocenters. The number of hydrogen-bond acceptors (Lipinski definition) is 5. The number of carbonyl (C=O) groups excluding carboxylic acids is 2. The first kappa shape index (κ1) is 13.5. The van der Waals surface area contributed by atoms with E-state index in [1.807, 2.05) is 0 Å². The molecule has 1 aromatic rings. The summed E-state index contributed by atoms with van der Waals surface area (Å²) in [5, 5.41) is 11.1.